The Kier molecular flexibility index (Phi) is 4.15. The molecule has 0 spiro atoms. The minimum atomic E-state index is -0.164. The average molecular weight is 289 g/mol. The molecule has 3 rings (SSSR count). The predicted molar refractivity (Wildman–Crippen MR) is 80.4 cm³/mol. The number of nitrogens with zero attached hydrogens (tertiary/aromatic N) is 1. The van der Waals surface area contributed by atoms with Crippen LogP contribution in [0.25, 0.3) is 0 Å². The van der Waals surface area contributed by atoms with Gasteiger partial charge in [-0.05, 0) is 43.5 Å². The van der Waals surface area contributed by atoms with E-state index in [1.54, 1.807) is 0 Å². The summed E-state index contributed by atoms with van der Waals surface area (Å²) in [6.45, 7) is 3.45. The van der Waals surface area contributed by atoms with Crippen molar-refractivity contribution in [2.24, 2.45) is 0 Å². The molecule has 2 aliphatic heterocycles. The van der Waals surface area contributed by atoms with Gasteiger partial charge in [-0.1, -0.05) is 12.1 Å². The van der Waals surface area contributed by atoms with Crippen LogP contribution in [0.5, 0.6) is 5.75 Å². The fourth-order valence-corrected chi connectivity index (χ4v) is 3.40. The fraction of sp³-hybridized carbons (Fsp3) is 0.588. The summed E-state index contributed by atoms with van der Waals surface area (Å²) < 4.78 is 11.0. The SMILES string of the molecule is COC(=O)CCc1ccc(OC23CCCN(CC2)C3)cc1. The van der Waals surface area contributed by atoms with Gasteiger partial charge in [-0.2, -0.15) is 0 Å². The first-order valence-electron chi connectivity index (χ1n) is 7.76. The maximum Gasteiger partial charge on any atom is 0.305 e. The number of carbonyl (C=O) groups excluding carboxylic acids is 1. The minimum Gasteiger partial charge on any atom is -0.486 e. The Balaban J connectivity index is 1.58. The zero-order chi connectivity index (χ0) is 14.7. The Morgan fingerprint density at radius 1 is 1.24 bits per heavy atom. The number of esters is 1. The highest BCUT2D eigenvalue weighted by atomic mass is 16.5. The number of ether oxygens (including phenoxy) is 2. The molecule has 0 aliphatic carbocycles. The molecule has 2 atom stereocenters. The number of hydrogen-bond acceptors (Lipinski definition) is 4. The molecule has 2 fully saturated rings. The molecule has 2 aliphatic rings. The van der Waals surface area contributed by atoms with Gasteiger partial charge >= 0.3 is 5.97 Å². The lowest BCUT2D eigenvalue weighted by Crippen LogP contribution is -2.43. The molecule has 0 saturated carbocycles. The second-order valence-electron chi connectivity index (χ2n) is 6.13. The number of rotatable bonds is 5. The van der Waals surface area contributed by atoms with E-state index in [1.807, 2.05) is 24.3 Å². The second-order valence-corrected chi connectivity index (χ2v) is 6.13. The zero-order valence-corrected chi connectivity index (χ0v) is 12.6. The van der Waals surface area contributed by atoms with E-state index in [4.69, 9.17) is 4.74 Å². The summed E-state index contributed by atoms with van der Waals surface area (Å²) in [6.07, 6.45) is 4.67. The number of methoxy groups -OCH3 is 1. The summed E-state index contributed by atoms with van der Waals surface area (Å²) in [5.74, 6) is 0.781. The monoisotopic (exact) mass is 289 g/mol. The van der Waals surface area contributed by atoms with Crippen molar-refractivity contribution in [3.8, 4) is 5.75 Å². The van der Waals surface area contributed by atoms with Crippen LogP contribution in [-0.4, -0.2) is 43.2 Å². The van der Waals surface area contributed by atoms with E-state index in [0.717, 1.165) is 37.2 Å². The number of piperidine rings is 1. The molecule has 2 unspecified atom stereocenters. The van der Waals surface area contributed by atoms with Crippen LogP contribution in [0, 0.1) is 0 Å². The van der Waals surface area contributed by atoms with Gasteiger partial charge in [0.05, 0.1) is 7.11 Å². The third kappa shape index (κ3) is 3.38. The van der Waals surface area contributed by atoms with E-state index in [1.165, 1.54) is 20.1 Å². The van der Waals surface area contributed by atoms with Crippen molar-refractivity contribution in [3.63, 3.8) is 0 Å². The Labute approximate surface area is 126 Å². The van der Waals surface area contributed by atoms with Gasteiger partial charge in [-0.25, -0.2) is 0 Å². The smallest absolute Gasteiger partial charge is 0.305 e. The lowest BCUT2D eigenvalue weighted by atomic mass is 9.94. The average Bonchev–Trinajstić information content (AvgIpc) is 2.80. The van der Waals surface area contributed by atoms with Crippen molar-refractivity contribution in [3.05, 3.63) is 29.8 Å². The lowest BCUT2D eigenvalue weighted by Gasteiger charge is -2.34. The van der Waals surface area contributed by atoms with Crippen LogP contribution in [0.1, 0.15) is 31.2 Å². The fourth-order valence-electron chi connectivity index (χ4n) is 3.40. The van der Waals surface area contributed by atoms with Crippen LogP contribution in [0.3, 0.4) is 0 Å². The van der Waals surface area contributed by atoms with Gasteiger partial charge < -0.3 is 9.47 Å². The molecule has 114 valence electrons. The number of aryl methyl sites for hydroxylation is 1. The van der Waals surface area contributed by atoms with E-state index in [9.17, 15) is 4.79 Å². The van der Waals surface area contributed by atoms with Gasteiger partial charge in [0.1, 0.15) is 11.4 Å². The molecule has 21 heavy (non-hydrogen) atoms. The maximum atomic E-state index is 11.1. The normalized spacial score (nSPS) is 27.4. The summed E-state index contributed by atoms with van der Waals surface area (Å²) in [5, 5.41) is 0. The molecule has 0 aromatic heterocycles. The first-order chi connectivity index (χ1) is 10.2. The lowest BCUT2D eigenvalue weighted by molar-refractivity contribution is -0.140. The molecule has 2 saturated heterocycles. The largest absolute Gasteiger partial charge is 0.486 e. The number of hydrogen-bond donors (Lipinski definition) is 0. The van der Waals surface area contributed by atoms with Crippen molar-refractivity contribution in [1.82, 2.24) is 4.90 Å². The Morgan fingerprint density at radius 3 is 2.81 bits per heavy atom. The Bertz CT molecular complexity index is 495. The third-order valence-electron chi connectivity index (χ3n) is 4.61. The summed E-state index contributed by atoms with van der Waals surface area (Å²) in [6, 6.07) is 8.15. The van der Waals surface area contributed by atoms with Gasteiger partial charge in [0.25, 0.3) is 0 Å². The van der Waals surface area contributed by atoms with Crippen LogP contribution < -0.4 is 4.74 Å². The van der Waals surface area contributed by atoms with Gasteiger partial charge in [0, 0.05) is 25.9 Å². The summed E-state index contributed by atoms with van der Waals surface area (Å²) in [4.78, 5) is 13.6. The quantitative estimate of drug-likeness (QED) is 0.780. The summed E-state index contributed by atoms with van der Waals surface area (Å²) in [5.41, 5.74) is 1.17. The molecule has 1 aromatic carbocycles. The molecular weight excluding hydrogens is 266 g/mol. The van der Waals surface area contributed by atoms with E-state index >= 15 is 0 Å². The first-order valence-corrected chi connectivity index (χ1v) is 7.76. The highest BCUT2D eigenvalue weighted by Crippen LogP contribution is 2.35. The molecule has 0 radical (unpaired) electrons. The van der Waals surface area contributed by atoms with Gasteiger partial charge in [0.2, 0.25) is 0 Å². The molecule has 0 N–H and O–H groups in total. The predicted octanol–water partition coefficient (Wildman–Crippen LogP) is 2.41. The third-order valence-corrected chi connectivity index (χ3v) is 4.61. The van der Waals surface area contributed by atoms with Crippen LogP contribution in [-0.2, 0) is 16.0 Å². The zero-order valence-electron chi connectivity index (χ0n) is 12.6. The molecule has 2 bridgehead atoms. The molecule has 4 heteroatoms. The topological polar surface area (TPSA) is 38.8 Å². The first kappa shape index (κ1) is 14.4. The van der Waals surface area contributed by atoms with Crippen LogP contribution >= 0.6 is 0 Å². The number of fused-ring (bicyclic) bond motifs is 2. The van der Waals surface area contributed by atoms with Crippen molar-refractivity contribution in [1.29, 1.82) is 0 Å². The van der Waals surface area contributed by atoms with Crippen molar-refractivity contribution >= 4 is 5.97 Å². The van der Waals surface area contributed by atoms with Crippen LogP contribution in [0.2, 0.25) is 0 Å². The highest BCUT2D eigenvalue weighted by molar-refractivity contribution is 5.69. The standard InChI is InChI=1S/C17H23NO3/c1-20-16(19)8-5-14-3-6-15(7-4-14)21-17-9-2-11-18(13-17)12-10-17/h3-4,6-7H,2,5,8-13H2,1H3. The number of benzene rings is 1. The minimum absolute atomic E-state index is 0.0335. The van der Waals surface area contributed by atoms with Crippen molar-refractivity contribution in [2.45, 2.75) is 37.7 Å². The van der Waals surface area contributed by atoms with Gasteiger partial charge in [-0.3, -0.25) is 9.69 Å². The van der Waals surface area contributed by atoms with E-state index in [0.29, 0.717) is 12.8 Å². The molecular formula is C17H23NO3. The molecule has 4 nitrogen and oxygen atoms in total. The van der Waals surface area contributed by atoms with Gasteiger partial charge in [0.15, 0.2) is 0 Å². The molecule has 0 amide bonds. The molecule has 1 aromatic rings. The van der Waals surface area contributed by atoms with E-state index in [-0.39, 0.29) is 11.6 Å². The van der Waals surface area contributed by atoms with E-state index < -0.39 is 0 Å². The summed E-state index contributed by atoms with van der Waals surface area (Å²) in [7, 11) is 1.42. The van der Waals surface area contributed by atoms with Crippen LogP contribution in [0.15, 0.2) is 24.3 Å². The Hall–Kier alpha value is -1.55. The van der Waals surface area contributed by atoms with Crippen molar-refractivity contribution in [2.75, 3.05) is 26.7 Å². The Morgan fingerprint density at radius 2 is 2.05 bits per heavy atom. The van der Waals surface area contributed by atoms with E-state index in [2.05, 4.69) is 9.64 Å². The van der Waals surface area contributed by atoms with Crippen LogP contribution in [0.4, 0.5) is 0 Å². The highest BCUT2D eigenvalue weighted by Gasteiger charge is 2.42. The molecule has 2 heterocycles. The summed E-state index contributed by atoms with van der Waals surface area (Å²) >= 11 is 0. The second kappa shape index (κ2) is 6.06. The van der Waals surface area contributed by atoms with Crippen molar-refractivity contribution < 1.29 is 14.3 Å². The number of carbonyl (C=O) groups is 1. The van der Waals surface area contributed by atoms with Gasteiger partial charge in [-0.15, -0.1) is 0 Å². The maximum absolute atomic E-state index is 11.1.